The Morgan fingerprint density at radius 2 is 1.14 bits per heavy atom. The number of hydrogen-bond donors (Lipinski definition) is 1. The Morgan fingerprint density at radius 3 is 1.14 bits per heavy atom. The minimum Gasteiger partial charge on any atom is -1.00 e. The SMILES string of the molecule is CCO.[Cl-].[Cl-].[Cl-].[Zr+3]. The maximum atomic E-state index is 7.57. The molecule has 5 heteroatoms. The summed E-state index contributed by atoms with van der Waals surface area (Å²) in [7, 11) is 0. The van der Waals surface area contributed by atoms with Crippen molar-refractivity contribution in [3.63, 3.8) is 0 Å². The van der Waals surface area contributed by atoms with Crippen LogP contribution in [0.3, 0.4) is 0 Å². The second kappa shape index (κ2) is 47.2. The molecule has 0 unspecified atom stereocenters. The van der Waals surface area contributed by atoms with Gasteiger partial charge in [0.1, 0.15) is 0 Å². The van der Waals surface area contributed by atoms with Crippen LogP contribution in [0.1, 0.15) is 6.92 Å². The molecule has 0 saturated heterocycles. The summed E-state index contributed by atoms with van der Waals surface area (Å²) in [6, 6.07) is 0. The Labute approximate surface area is 81.6 Å². The van der Waals surface area contributed by atoms with E-state index < -0.39 is 0 Å². The number of aliphatic hydroxyl groups is 1. The largest absolute Gasteiger partial charge is 3.00 e. The van der Waals surface area contributed by atoms with Gasteiger partial charge in [-0.3, -0.25) is 0 Å². The predicted octanol–water partition coefficient (Wildman–Crippen LogP) is -8.99. The van der Waals surface area contributed by atoms with Crippen molar-refractivity contribution in [3.05, 3.63) is 0 Å². The van der Waals surface area contributed by atoms with E-state index in [1.165, 1.54) is 0 Å². The minimum atomic E-state index is 0. The summed E-state index contributed by atoms with van der Waals surface area (Å²) in [5, 5.41) is 7.57. The molecule has 0 spiro atoms. The van der Waals surface area contributed by atoms with Crippen LogP contribution in [0.5, 0.6) is 0 Å². The molecule has 0 aromatic rings. The van der Waals surface area contributed by atoms with E-state index in [4.69, 9.17) is 5.11 Å². The van der Waals surface area contributed by atoms with Crippen LogP contribution in [-0.2, 0) is 26.2 Å². The van der Waals surface area contributed by atoms with Crippen LogP contribution < -0.4 is 37.2 Å². The summed E-state index contributed by atoms with van der Waals surface area (Å²) in [4.78, 5) is 0. The minimum absolute atomic E-state index is 0. The molecule has 0 bridgehead atoms. The van der Waals surface area contributed by atoms with E-state index in [0.717, 1.165) is 0 Å². The van der Waals surface area contributed by atoms with E-state index in [9.17, 15) is 0 Å². The van der Waals surface area contributed by atoms with Gasteiger partial charge in [-0.2, -0.15) is 0 Å². The molecule has 1 N–H and O–H groups in total. The summed E-state index contributed by atoms with van der Waals surface area (Å²) >= 11 is 0. The van der Waals surface area contributed by atoms with Crippen molar-refractivity contribution in [1.29, 1.82) is 0 Å². The van der Waals surface area contributed by atoms with Gasteiger partial charge in [0.2, 0.25) is 0 Å². The third-order valence-electron chi connectivity index (χ3n) is 0. The Kier molecular flexibility index (Phi) is 254. The Balaban J connectivity index is -0.00000000333. The molecule has 7 heavy (non-hydrogen) atoms. The molecule has 0 aliphatic heterocycles. The van der Waals surface area contributed by atoms with Gasteiger partial charge < -0.3 is 42.3 Å². The second-order valence-electron chi connectivity index (χ2n) is 0.316. The van der Waals surface area contributed by atoms with Crippen molar-refractivity contribution in [2.75, 3.05) is 6.61 Å². The van der Waals surface area contributed by atoms with E-state index in [1.54, 1.807) is 6.92 Å². The quantitative estimate of drug-likeness (QED) is 0.448. The molecule has 0 rings (SSSR count). The first-order valence-corrected chi connectivity index (χ1v) is 1.02. The first-order chi connectivity index (χ1) is 1.41. The number of hydrogen-bond acceptors (Lipinski definition) is 1. The standard InChI is InChI=1S/C2H6O.3ClH.Zr/c1-2-3;;;;/h3H,2H2,1H3;3*1H;/q;;;;+3/p-3. The Hall–Kier alpha value is 1.71. The molecule has 0 heterocycles. The predicted molar refractivity (Wildman–Crippen MR) is 12.8 cm³/mol. The summed E-state index contributed by atoms with van der Waals surface area (Å²) in [6.07, 6.45) is 0. The third-order valence-corrected chi connectivity index (χ3v) is 0. The molecule has 0 saturated carbocycles. The van der Waals surface area contributed by atoms with Crippen molar-refractivity contribution >= 4 is 0 Å². The first kappa shape index (κ1) is 37.6. The fraction of sp³-hybridized carbons (Fsp3) is 1.00. The number of halogens is 3. The summed E-state index contributed by atoms with van der Waals surface area (Å²) in [5.74, 6) is 0. The summed E-state index contributed by atoms with van der Waals surface area (Å²) in [5.41, 5.74) is 0. The van der Waals surface area contributed by atoms with Crippen molar-refractivity contribution in [1.82, 2.24) is 0 Å². The molecule has 1 radical (unpaired) electrons. The van der Waals surface area contributed by atoms with E-state index in [0.29, 0.717) is 0 Å². The van der Waals surface area contributed by atoms with Gasteiger partial charge >= 0.3 is 26.2 Å². The van der Waals surface area contributed by atoms with Crippen molar-refractivity contribution in [2.45, 2.75) is 6.92 Å². The maximum absolute atomic E-state index is 7.57. The molecule has 0 aliphatic carbocycles. The zero-order valence-electron chi connectivity index (χ0n) is 3.79. The zero-order valence-corrected chi connectivity index (χ0v) is 8.51. The van der Waals surface area contributed by atoms with Crippen LogP contribution in [0.25, 0.3) is 0 Å². The smallest absolute Gasteiger partial charge is 1.00 e. The van der Waals surface area contributed by atoms with E-state index >= 15 is 0 Å². The van der Waals surface area contributed by atoms with Crippen LogP contribution in [0, 0.1) is 0 Å². The Morgan fingerprint density at radius 1 is 1.14 bits per heavy atom. The summed E-state index contributed by atoms with van der Waals surface area (Å²) < 4.78 is 0. The molecular weight excluding hydrogens is 238 g/mol. The molecule has 0 aromatic carbocycles. The maximum Gasteiger partial charge on any atom is 3.00 e. The zero-order chi connectivity index (χ0) is 2.71. The van der Waals surface area contributed by atoms with Crippen LogP contribution >= 0.6 is 0 Å². The first-order valence-electron chi connectivity index (χ1n) is 1.02. The van der Waals surface area contributed by atoms with Crippen LogP contribution in [0.2, 0.25) is 0 Å². The molecular formula is C2H6Cl3OZr. The van der Waals surface area contributed by atoms with Gasteiger partial charge in [-0.1, -0.05) is 0 Å². The van der Waals surface area contributed by atoms with Gasteiger partial charge in [-0.05, 0) is 6.92 Å². The third kappa shape index (κ3) is 85.8. The molecule has 45 valence electrons. The van der Waals surface area contributed by atoms with Gasteiger partial charge in [0.15, 0.2) is 0 Å². The monoisotopic (exact) mass is 241 g/mol. The average molecular weight is 244 g/mol. The van der Waals surface area contributed by atoms with Crippen LogP contribution in [0.4, 0.5) is 0 Å². The van der Waals surface area contributed by atoms with Gasteiger partial charge in [0.05, 0.1) is 0 Å². The topological polar surface area (TPSA) is 20.2 Å². The van der Waals surface area contributed by atoms with Crippen molar-refractivity contribution < 1.29 is 68.5 Å². The second-order valence-corrected chi connectivity index (χ2v) is 0.316. The fourth-order valence-electron chi connectivity index (χ4n) is 0. The van der Waals surface area contributed by atoms with E-state index in [2.05, 4.69) is 0 Å². The molecule has 0 aromatic heterocycles. The van der Waals surface area contributed by atoms with Gasteiger partial charge in [0, 0.05) is 6.61 Å². The average Bonchev–Trinajstić information content (AvgIpc) is 0.918. The molecule has 0 aliphatic rings. The van der Waals surface area contributed by atoms with Crippen LogP contribution in [0.15, 0.2) is 0 Å². The molecule has 0 fully saturated rings. The van der Waals surface area contributed by atoms with Gasteiger partial charge in [0.25, 0.3) is 0 Å². The fourth-order valence-corrected chi connectivity index (χ4v) is 0. The normalized spacial score (nSPS) is 2.57. The molecule has 1 nitrogen and oxygen atoms in total. The van der Waals surface area contributed by atoms with E-state index in [-0.39, 0.29) is 70.0 Å². The molecule has 0 atom stereocenters. The summed E-state index contributed by atoms with van der Waals surface area (Å²) in [6.45, 7) is 1.93. The van der Waals surface area contributed by atoms with Gasteiger partial charge in [-0.15, -0.1) is 0 Å². The van der Waals surface area contributed by atoms with Crippen LogP contribution in [-0.4, -0.2) is 11.7 Å². The number of aliphatic hydroxyl groups excluding tert-OH is 1. The Bertz CT molecular complexity index is 12.9. The molecule has 0 amide bonds. The van der Waals surface area contributed by atoms with Crippen molar-refractivity contribution in [3.8, 4) is 0 Å². The van der Waals surface area contributed by atoms with E-state index in [1.807, 2.05) is 0 Å². The van der Waals surface area contributed by atoms with Crippen molar-refractivity contribution in [2.24, 2.45) is 0 Å². The number of rotatable bonds is 0. The van der Waals surface area contributed by atoms with Gasteiger partial charge in [-0.25, -0.2) is 0 Å².